The van der Waals surface area contributed by atoms with Crippen molar-refractivity contribution < 1.29 is 31.1 Å². The van der Waals surface area contributed by atoms with E-state index in [4.69, 9.17) is 0 Å². The maximum atomic E-state index is 13.5. The first-order valence-corrected chi connectivity index (χ1v) is 23.3. The van der Waals surface area contributed by atoms with E-state index in [-0.39, 0.29) is 23.2 Å². The van der Waals surface area contributed by atoms with Crippen LogP contribution in [0.3, 0.4) is 0 Å². The molecule has 356 valence electrons. The molecule has 0 saturated carbocycles. The Morgan fingerprint density at radius 3 is 1.45 bits per heavy atom. The molecule has 2 saturated heterocycles. The zero-order chi connectivity index (χ0) is 48.2. The first-order valence-electron chi connectivity index (χ1n) is 23.3. The van der Waals surface area contributed by atoms with E-state index in [9.17, 15) is 31.1 Å². The van der Waals surface area contributed by atoms with E-state index >= 15 is 0 Å². The summed E-state index contributed by atoms with van der Waals surface area (Å²) in [6, 6.07) is 56.4. The van der Waals surface area contributed by atoms with Crippen LogP contribution in [0.25, 0.3) is 22.3 Å². The lowest BCUT2D eigenvalue weighted by Crippen LogP contribution is -2.56. The van der Waals surface area contributed by atoms with Crippen molar-refractivity contribution in [3.05, 3.63) is 221 Å². The number of carbonyl (C=O) groups is 1. The second-order valence-corrected chi connectivity index (χ2v) is 17.6. The number of anilines is 1. The highest BCUT2D eigenvalue weighted by Gasteiger charge is 2.35. The van der Waals surface area contributed by atoms with Gasteiger partial charge in [-0.1, -0.05) is 164 Å². The average Bonchev–Trinajstić information content (AvgIpc) is 3.35. The molecule has 7 aromatic rings. The Morgan fingerprint density at radius 2 is 0.942 bits per heavy atom. The van der Waals surface area contributed by atoms with Crippen molar-refractivity contribution in [1.29, 1.82) is 0 Å². The van der Waals surface area contributed by atoms with Crippen molar-refractivity contribution in [2.45, 2.75) is 50.4 Å². The molecule has 2 heterocycles. The van der Waals surface area contributed by atoms with E-state index in [1.54, 1.807) is 36.4 Å². The van der Waals surface area contributed by atoms with Gasteiger partial charge in [0.25, 0.3) is 0 Å². The second kappa shape index (κ2) is 22.6. The lowest BCUT2D eigenvalue weighted by atomic mass is 9.98. The summed E-state index contributed by atoms with van der Waals surface area (Å²) in [7, 11) is 0. The third-order valence-electron chi connectivity index (χ3n) is 12.6. The molecule has 0 spiro atoms. The molecule has 2 N–H and O–H groups in total. The van der Waals surface area contributed by atoms with Crippen LogP contribution in [-0.2, 0) is 38.3 Å². The van der Waals surface area contributed by atoms with Gasteiger partial charge in [0.1, 0.15) is 0 Å². The molecule has 2 aliphatic heterocycles. The Kier molecular flexibility index (Phi) is 15.9. The maximum Gasteiger partial charge on any atom is 0.417 e. The van der Waals surface area contributed by atoms with Crippen LogP contribution in [0.5, 0.6) is 0 Å². The van der Waals surface area contributed by atoms with Crippen molar-refractivity contribution in [3.63, 3.8) is 0 Å². The minimum absolute atomic E-state index is 0.0252. The lowest BCUT2D eigenvalue weighted by Gasteiger charge is -2.41. The minimum atomic E-state index is -4.41. The molecule has 2 fully saturated rings. The Bertz CT molecular complexity index is 2700. The van der Waals surface area contributed by atoms with Crippen molar-refractivity contribution in [2.75, 3.05) is 44.6 Å². The molecule has 0 aliphatic carbocycles. The number of benzene rings is 7. The van der Waals surface area contributed by atoms with Crippen LogP contribution in [0.4, 0.5) is 36.8 Å². The predicted molar refractivity (Wildman–Crippen MR) is 262 cm³/mol. The molecule has 6 nitrogen and oxygen atoms in total. The van der Waals surface area contributed by atoms with Gasteiger partial charge in [0.15, 0.2) is 0 Å². The van der Waals surface area contributed by atoms with E-state index in [1.165, 1.54) is 29.8 Å². The van der Waals surface area contributed by atoms with E-state index in [0.29, 0.717) is 43.3 Å². The van der Waals surface area contributed by atoms with Crippen LogP contribution in [0.1, 0.15) is 33.4 Å². The summed E-state index contributed by atoms with van der Waals surface area (Å²) >= 11 is 0. The number of amides is 2. The quantitative estimate of drug-likeness (QED) is 0.127. The number of nitrogens with zero attached hydrogens (tertiary/aromatic N) is 3. The van der Waals surface area contributed by atoms with Crippen LogP contribution >= 0.6 is 0 Å². The fourth-order valence-corrected chi connectivity index (χ4v) is 9.24. The number of urea groups is 1. The molecule has 0 radical (unpaired) electrons. The summed E-state index contributed by atoms with van der Waals surface area (Å²) < 4.78 is 80.4. The summed E-state index contributed by atoms with van der Waals surface area (Å²) in [5.41, 5.74) is 5.68. The van der Waals surface area contributed by atoms with Gasteiger partial charge in [-0.05, 0) is 81.6 Å². The maximum absolute atomic E-state index is 13.5. The second-order valence-electron chi connectivity index (χ2n) is 17.6. The van der Waals surface area contributed by atoms with E-state index < -0.39 is 23.5 Å². The molecule has 7 aromatic carbocycles. The topological polar surface area (TPSA) is 50.9 Å². The van der Waals surface area contributed by atoms with Crippen LogP contribution in [0, 0.1) is 0 Å². The number of hydrogen-bond acceptors (Lipinski definition) is 4. The van der Waals surface area contributed by atoms with Gasteiger partial charge in [-0.25, -0.2) is 4.79 Å². The number of nitrogens with one attached hydrogen (secondary N) is 2. The molecular formula is C57H55F6N5O. The molecule has 12 heteroatoms. The fourth-order valence-electron chi connectivity index (χ4n) is 9.24. The Labute approximate surface area is 400 Å². The van der Waals surface area contributed by atoms with Gasteiger partial charge in [-0.3, -0.25) is 9.80 Å². The first kappa shape index (κ1) is 48.7. The Balaban J connectivity index is 0.000000192. The Hall–Kier alpha value is -6.73. The van der Waals surface area contributed by atoms with Crippen LogP contribution in [0.2, 0.25) is 0 Å². The molecule has 0 bridgehead atoms. The number of para-hydroxylation sites is 1. The van der Waals surface area contributed by atoms with Crippen molar-refractivity contribution in [3.8, 4) is 22.3 Å². The molecule has 2 aliphatic rings. The molecule has 69 heavy (non-hydrogen) atoms. The van der Waals surface area contributed by atoms with Gasteiger partial charge in [0.2, 0.25) is 0 Å². The van der Waals surface area contributed by atoms with Gasteiger partial charge in [0, 0.05) is 64.1 Å². The Morgan fingerprint density at radius 1 is 0.493 bits per heavy atom. The van der Waals surface area contributed by atoms with Crippen molar-refractivity contribution in [1.82, 2.24) is 20.0 Å². The third-order valence-corrected chi connectivity index (χ3v) is 12.6. The van der Waals surface area contributed by atoms with Crippen LogP contribution in [0.15, 0.2) is 188 Å². The SMILES string of the molecule is FC(F)(F)c1ccccc1-c1ccc(CN2CCN[C@@H](Cc3ccccc3)C2)cc1.O=C(Nc1ccccc1)N1CCN(Cc2ccc(-c3ccccc3C(F)(F)F)cc2)C[C@@H]1Cc1ccccc1. The fraction of sp³-hybridized carbons (Fsp3) is 0.246. The van der Waals surface area contributed by atoms with Crippen LogP contribution in [-0.4, -0.2) is 72.1 Å². The zero-order valence-electron chi connectivity index (χ0n) is 38.1. The first-order chi connectivity index (χ1) is 33.4. The normalized spacial score (nSPS) is 16.9. The highest BCUT2D eigenvalue weighted by atomic mass is 19.4. The van der Waals surface area contributed by atoms with Gasteiger partial charge in [-0.2, -0.15) is 26.3 Å². The van der Waals surface area contributed by atoms with Gasteiger partial charge < -0.3 is 15.5 Å². The molecular weight excluding hydrogens is 885 g/mol. The number of halogens is 6. The predicted octanol–water partition coefficient (Wildman–Crippen LogP) is 12.7. The molecule has 2 atom stereocenters. The van der Waals surface area contributed by atoms with Gasteiger partial charge in [-0.15, -0.1) is 0 Å². The number of piperazine rings is 2. The van der Waals surface area contributed by atoms with Crippen molar-refractivity contribution >= 4 is 11.7 Å². The monoisotopic (exact) mass is 939 g/mol. The zero-order valence-corrected chi connectivity index (χ0v) is 38.1. The van der Waals surface area contributed by atoms with E-state index in [0.717, 1.165) is 73.5 Å². The summed E-state index contributed by atoms with van der Waals surface area (Å²) in [4.78, 5) is 19.8. The van der Waals surface area contributed by atoms with Crippen LogP contribution < -0.4 is 10.6 Å². The third kappa shape index (κ3) is 13.5. The highest BCUT2D eigenvalue weighted by Crippen LogP contribution is 2.38. The minimum Gasteiger partial charge on any atom is -0.319 e. The standard InChI is InChI=1S/C32H30F3N3O.C25H25F3N2/c33-32(34,35)30-14-8-7-13-29(30)26-17-15-25(16-18-26)22-37-19-20-38(31(39)36-27-11-5-2-6-12-27)28(23-37)21-24-9-3-1-4-10-24;26-25(27,28)24-9-5-4-8-23(24)21-12-10-20(11-13-21)17-30-15-14-29-22(18-30)16-19-6-2-1-3-7-19/h1-18,28H,19-23H2,(H,36,39);1-13,22,29H,14-18H2/t28-;22-/m00/s1. The summed E-state index contributed by atoms with van der Waals surface area (Å²) in [5, 5.41) is 6.60. The van der Waals surface area contributed by atoms with Gasteiger partial charge in [0.05, 0.1) is 17.2 Å². The van der Waals surface area contributed by atoms with Crippen molar-refractivity contribution in [2.24, 2.45) is 0 Å². The smallest absolute Gasteiger partial charge is 0.319 e. The number of alkyl halides is 6. The lowest BCUT2D eigenvalue weighted by molar-refractivity contribution is -0.137. The van der Waals surface area contributed by atoms with Gasteiger partial charge >= 0.3 is 18.4 Å². The van der Waals surface area contributed by atoms with E-state index in [1.807, 2.05) is 83.8 Å². The van der Waals surface area contributed by atoms with E-state index in [2.05, 4.69) is 56.8 Å². The summed E-state index contributed by atoms with van der Waals surface area (Å²) in [6.45, 7) is 6.27. The largest absolute Gasteiger partial charge is 0.417 e. The number of carbonyl (C=O) groups excluding carboxylic acids is 1. The molecule has 0 aromatic heterocycles. The summed E-state index contributed by atoms with van der Waals surface area (Å²) in [6.07, 6.45) is -7.05. The molecule has 9 rings (SSSR count). The molecule has 2 amide bonds. The summed E-state index contributed by atoms with van der Waals surface area (Å²) in [5.74, 6) is 0. The average molecular weight is 940 g/mol. The number of hydrogen-bond donors (Lipinski definition) is 2. The number of rotatable bonds is 11. The highest BCUT2D eigenvalue weighted by molar-refractivity contribution is 5.89. The molecule has 0 unspecified atom stereocenters.